The lowest BCUT2D eigenvalue weighted by Crippen LogP contribution is -2.25. The van der Waals surface area contributed by atoms with Gasteiger partial charge in [-0.2, -0.15) is 0 Å². The topological polar surface area (TPSA) is 54.0 Å². The number of nitrogens with one attached hydrogen (secondary N) is 2. The van der Waals surface area contributed by atoms with Crippen LogP contribution in [0.2, 0.25) is 5.02 Å². The Hall–Kier alpha value is -2.76. The van der Waals surface area contributed by atoms with Crippen molar-refractivity contribution < 1.29 is 9.18 Å². The van der Waals surface area contributed by atoms with Gasteiger partial charge in [0.15, 0.2) is 0 Å². The number of fused-ring (bicyclic) bond motifs is 1. The van der Waals surface area contributed by atoms with Crippen molar-refractivity contribution in [2.45, 2.75) is 13.0 Å². The van der Waals surface area contributed by atoms with E-state index in [1.54, 1.807) is 42.5 Å². The number of rotatable bonds is 3. The molecule has 0 spiro atoms. The zero-order chi connectivity index (χ0) is 18.8. The normalized spacial score (nSPS) is 13.1. The summed E-state index contributed by atoms with van der Waals surface area (Å²) in [6, 6.07) is 15.2. The fourth-order valence-electron chi connectivity index (χ4n) is 3.17. The number of anilines is 1. The Morgan fingerprint density at radius 2 is 1.89 bits per heavy atom. The van der Waals surface area contributed by atoms with Crippen LogP contribution in [0.4, 0.5) is 10.1 Å². The molecule has 2 heterocycles. The van der Waals surface area contributed by atoms with E-state index in [2.05, 4.69) is 15.6 Å². The van der Waals surface area contributed by atoms with Crippen molar-refractivity contribution in [1.82, 2.24) is 10.3 Å². The first-order valence-electron chi connectivity index (χ1n) is 8.68. The Balaban J connectivity index is 1.62. The number of nitrogens with zero attached hydrogens (tertiary/aromatic N) is 1. The summed E-state index contributed by atoms with van der Waals surface area (Å²) >= 11 is 6.45. The summed E-state index contributed by atoms with van der Waals surface area (Å²) in [6.07, 6.45) is 0.792. The van der Waals surface area contributed by atoms with Gasteiger partial charge in [-0.25, -0.2) is 9.37 Å². The molecule has 0 bridgehead atoms. The van der Waals surface area contributed by atoms with Gasteiger partial charge in [0.2, 0.25) is 0 Å². The van der Waals surface area contributed by atoms with Gasteiger partial charge in [0, 0.05) is 36.3 Å². The average molecular weight is 382 g/mol. The monoisotopic (exact) mass is 381 g/mol. The number of benzene rings is 2. The van der Waals surface area contributed by atoms with Crippen molar-refractivity contribution in [3.8, 4) is 11.1 Å². The maximum absolute atomic E-state index is 14.1. The van der Waals surface area contributed by atoms with Crippen molar-refractivity contribution in [3.05, 3.63) is 82.4 Å². The minimum absolute atomic E-state index is 0.290. The SMILES string of the molecule is O=C(Nc1cccc(-c2ccccc2F)c1Cl)c1ccc2c(n1)CCNC2. The lowest BCUT2D eigenvalue weighted by molar-refractivity contribution is 0.102. The largest absolute Gasteiger partial charge is 0.319 e. The lowest BCUT2D eigenvalue weighted by atomic mass is 10.0. The van der Waals surface area contributed by atoms with Gasteiger partial charge in [-0.15, -0.1) is 0 Å². The van der Waals surface area contributed by atoms with Gasteiger partial charge in [0.05, 0.1) is 10.7 Å². The van der Waals surface area contributed by atoms with Gasteiger partial charge >= 0.3 is 0 Å². The number of aromatic nitrogens is 1. The van der Waals surface area contributed by atoms with E-state index in [0.29, 0.717) is 22.5 Å². The molecule has 2 N–H and O–H groups in total. The molecule has 0 saturated heterocycles. The van der Waals surface area contributed by atoms with Crippen molar-refractivity contribution in [2.24, 2.45) is 0 Å². The van der Waals surface area contributed by atoms with Crippen LogP contribution in [0.1, 0.15) is 21.7 Å². The first-order chi connectivity index (χ1) is 13.1. The summed E-state index contributed by atoms with van der Waals surface area (Å²) in [4.78, 5) is 17.1. The summed E-state index contributed by atoms with van der Waals surface area (Å²) in [7, 11) is 0. The molecule has 0 atom stereocenters. The standard InChI is InChI=1S/C21H17ClFN3O/c22-20-15(14-4-1-2-6-16(14)23)5-3-7-18(20)26-21(27)19-9-8-13-12-24-11-10-17(13)25-19/h1-9,24H,10-12H2,(H,26,27). The molecule has 1 aliphatic rings. The van der Waals surface area contributed by atoms with Crippen LogP contribution in [0.25, 0.3) is 11.1 Å². The van der Waals surface area contributed by atoms with E-state index in [4.69, 9.17) is 11.6 Å². The minimum atomic E-state index is -0.368. The Morgan fingerprint density at radius 3 is 2.74 bits per heavy atom. The van der Waals surface area contributed by atoms with E-state index in [0.717, 1.165) is 30.8 Å². The van der Waals surface area contributed by atoms with Gasteiger partial charge in [-0.3, -0.25) is 4.79 Å². The van der Waals surface area contributed by atoms with E-state index >= 15 is 0 Å². The van der Waals surface area contributed by atoms with Crippen LogP contribution in [0.3, 0.4) is 0 Å². The summed E-state index contributed by atoms with van der Waals surface area (Å²) in [6.45, 7) is 1.61. The van der Waals surface area contributed by atoms with Gasteiger partial charge < -0.3 is 10.6 Å². The molecule has 2 aromatic carbocycles. The Kier molecular flexibility index (Phi) is 4.88. The van der Waals surface area contributed by atoms with E-state index < -0.39 is 0 Å². The molecule has 4 nitrogen and oxygen atoms in total. The Bertz CT molecular complexity index is 1020. The third-order valence-corrected chi connectivity index (χ3v) is 4.97. The third-order valence-electron chi connectivity index (χ3n) is 4.57. The summed E-state index contributed by atoms with van der Waals surface area (Å²) in [5.41, 5.74) is 3.71. The molecule has 0 aliphatic carbocycles. The lowest BCUT2D eigenvalue weighted by Gasteiger charge is -2.17. The molecule has 1 aliphatic heterocycles. The molecular formula is C21H17ClFN3O. The number of amides is 1. The van der Waals surface area contributed by atoms with Gasteiger partial charge in [-0.1, -0.05) is 48.0 Å². The highest BCUT2D eigenvalue weighted by atomic mass is 35.5. The zero-order valence-electron chi connectivity index (χ0n) is 14.4. The quantitative estimate of drug-likeness (QED) is 0.705. The van der Waals surface area contributed by atoms with Crippen LogP contribution in [-0.2, 0) is 13.0 Å². The first-order valence-corrected chi connectivity index (χ1v) is 9.05. The zero-order valence-corrected chi connectivity index (χ0v) is 15.2. The molecule has 3 aromatic rings. The van der Waals surface area contributed by atoms with E-state index in [-0.39, 0.29) is 16.7 Å². The highest BCUT2D eigenvalue weighted by Gasteiger charge is 2.17. The molecule has 136 valence electrons. The molecule has 1 aromatic heterocycles. The Labute approximate surface area is 161 Å². The van der Waals surface area contributed by atoms with Gasteiger partial charge in [-0.05, 0) is 23.8 Å². The minimum Gasteiger partial charge on any atom is -0.319 e. The van der Waals surface area contributed by atoms with E-state index in [9.17, 15) is 9.18 Å². The maximum atomic E-state index is 14.1. The predicted molar refractivity (Wildman–Crippen MR) is 104 cm³/mol. The number of carbonyl (C=O) groups excluding carboxylic acids is 1. The van der Waals surface area contributed by atoms with E-state index in [1.165, 1.54) is 6.07 Å². The average Bonchev–Trinajstić information content (AvgIpc) is 2.70. The van der Waals surface area contributed by atoms with Crippen LogP contribution in [0.5, 0.6) is 0 Å². The second-order valence-corrected chi connectivity index (χ2v) is 6.71. The molecule has 0 fully saturated rings. The van der Waals surface area contributed by atoms with Crippen LogP contribution in [0, 0.1) is 5.82 Å². The van der Waals surface area contributed by atoms with Crippen LogP contribution in [0.15, 0.2) is 54.6 Å². The van der Waals surface area contributed by atoms with Crippen molar-refractivity contribution in [1.29, 1.82) is 0 Å². The molecular weight excluding hydrogens is 365 g/mol. The highest BCUT2D eigenvalue weighted by molar-refractivity contribution is 6.36. The van der Waals surface area contributed by atoms with Crippen molar-refractivity contribution in [2.75, 3.05) is 11.9 Å². The summed E-state index contributed by atoms with van der Waals surface area (Å²) in [5.74, 6) is -0.711. The first kappa shape index (κ1) is 17.6. The van der Waals surface area contributed by atoms with Crippen molar-refractivity contribution >= 4 is 23.2 Å². The smallest absolute Gasteiger partial charge is 0.274 e. The Morgan fingerprint density at radius 1 is 1.07 bits per heavy atom. The molecule has 27 heavy (non-hydrogen) atoms. The van der Waals surface area contributed by atoms with Gasteiger partial charge in [0.25, 0.3) is 5.91 Å². The number of carbonyl (C=O) groups is 1. The second kappa shape index (κ2) is 7.47. The summed E-state index contributed by atoms with van der Waals surface area (Å²) in [5, 5.41) is 6.36. The number of halogens is 2. The molecule has 6 heteroatoms. The van der Waals surface area contributed by atoms with E-state index in [1.807, 2.05) is 6.07 Å². The maximum Gasteiger partial charge on any atom is 0.274 e. The molecule has 4 rings (SSSR count). The molecule has 1 amide bonds. The van der Waals surface area contributed by atoms with Crippen molar-refractivity contribution in [3.63, 3.8) is 0 Å². The molecule has 0 radical (unpaired) electrons. The summed E-state index contributed by atoms with van der Waals surface area (Å²) < 4.78 is 14.1. The van der Waals surface area contributed by atoms with Crippen LogP contribution < -0.4 is 10.6 Å². The van der Waals surface area contributed by atoms with Gasteiger partial charge in [0.1, 0.15) is 11.5 Å². The fourth-order valence-corrected chi connectivity index (χ4v) is 3.44. The highest BCUT2D eigenvalue weighted by Crippen LogP contribution is 2.35. The number of hydrogen-bond acceptors (Lipinski definition) is 3. The molecule has 0 saturated carbocycles. The fraction of sp³-hybridized carbons (Fsp3) is 0.143. The van der Waals surface area contributed by atoms with Crippen LogP contribution in [-0.4, -0.2) is 17.4 Å². The number of pyridine rings is 1. The second-order valence-electron chi connectivity index (χ2n) is 6.33. The number of hydrogen-bond donors (Lipinski definition) is 2. The predicted octanol–water partition coefficient (Wildman–Crippen LogP) is 4.44. The molecule has 0 unspecified atom stereocenters. The van der Waals surface area contributed by atoms with Crippen LogP contribution >= 0.6 is 11.6 Å². The third kappa shape index (κ3) is 3.56.